The molecule has 2 amide bonds. The van der Waals surface area contributed by atoms with Crippen molar-refractivity contribution in [2.45, 2.75) is 18.6 Å². The quantitative estimate of drug-likeness (QED) is 0.330. The second kappa shape index (κ2) is 11.2. The Balaban J connectivity index is 1.29. The Morgan fingerprint density at radius 2 is 1.83 bits per heavy atom. The molecule has 2 heterocycles. The molecule has 0 bridgehead atoms. The van der Waals surface area contributed by atoms with Gasteiger partial charge in [0.1, 0.15) is 5.75 Å². The Hall–Kier alpha value is -3.70. The van der Waals surface area contributed by atoms with Crippen LogP contribution in [0.4, 0.5) is 5.13 Å². The van der Waals surface area contributed by atoms with Crippen molar-refractivity contribution in [2.24, 2.45) is 7.05 Å². The van der Waals surface area contributed by atoms with Crippen molar-refractivity contribution in [3.05, 3.63) is 70.9 Å². The predicted octanol–water partition coefficient (Wildman–Crippen LogP) is 3.92. The third-order valence-electron chi connectivity index (χ3n) is 5.11. The topological polar surface area (TPSA) is 111 Å². The molecule has 0 atom stereocenters. The van der Waals surface area contributed by atoms with Crippen LogP contribution in [0.1, 0.15) is 21.1 Å². The summed E-state index contributed by atoms with van der Waals surface area (Å²) in [5, 5.41) is 15.1. The first-order valence-electron chi connectivity index (χ1n) is 10.7. The second-order valence-corrected chi connectivity index (χ2v) is 9.64. The average Bonchev–Trinajstić information content (AvgIpc) is 3.42. The van der Waals surface area contributed by atoms with E-state index in [1.807, 2.05) is 37.3 Å². The maximum Gasteiger partial charge on any atom is 0.251 e. The molecule has 4 rings (SSSR count). The number of aryl methyl sites for hydroxylation is 1. The van der Waals surface area contributed by atoms with Crippen molar-refractivity contribution >= 4 is 40.0 Å². The number of hydrogen-bond acceptors (Lipinski definition) is 8. The van der Waals surface area contributed by atoms with Crippen LogP contribution in [0.3, 0.4) is 0 Å². The Bertz CT molecular complexity index is 1320. The van der Waals surface area contributed by atoms with Crippen LogP contribution in [0.15, 0.2) is 59.8 Å². The number of nitrogens with zero attached hydrogens (tertiary/aromatic N) is 4. The van der Waals surface area contributed by atoms with E-state index >= 15 is 0 Å². The van der Waals surface area contributed by atoms with Gasteiger partial charge in [-0.2, -0.15) is 0 Å². The van der Waals surface area contributed by atoms with Gasteiger partial charge in [-0.15, -0.1) is 21.5 Å². The largest absolute Gasteiger partial charge is 0.497 e. The molecule has 0 unspecified atom stereocenters. The molecule has 180 valence electrons. The Morgan fingerprint density at radius 3 is 2.54 bits per heavy atom. The van der Waals surface area contributed by atoms with Crippen LogP contribution in [0.25, 0.3) is 11.3 Å². The standard InChI is InChI=1S/C24H24N6O3S2/c1-15-21(16-7-5-4-6-8-16)27-23(35-15)26-20(31)14-34-24-29-28-19(30(24)2)13-25-22(32)17-9-11-18(33-3)12-10-17/h4-12H,13-14H2,1-3H3,(H,25,32)(H,26,27,31). The van der Waals surface area contributed by atoms with Crippen LogP contribution in [-0.2, 0) is 18.4 Å². The molecule has 0 aliphatic heterocycles. The zero-order chi connectivity index (χ0) is 24.8. The second-order valence-electron chi connectivity index (χ2n) is 7.50. The van der Waals surface area contributed by atoms with Gasteiger partial charge in [0.2, 0.25) is 5.91 Å². The number of carbonyl (C=O) groups is 2. The molecule has 0 radical (unpaired) electrons. The normalized spacial score (nSPS) is 10.7. The molecule has 4 aromatic rings. The van der Waals surface area contributed by atoms with Gasteiger partial charge in [0.05, 0.1) is 25.1 Å². The number of thioether (sulfide) groups is 1. The maximum absolute atomic E-state index is 12.5. The van der Waals surface area contributed by atoms with Crippen molar-refractivity contribution in [3.8, 4) is 17.0 Å². The summed E-state index contributed by atoms with van der Waals surface area (Å²) in [6.07, 6.45) is 0. The van der Waals surface area contributed by atoms with Crippen molar-refractivity contribution < 1.29 is 14.3 Å². The molecule has 0 saturated carbocycles. The van der Waals surface area contributed by atoms with Crippen molar-refractivity contribution in [1.29, 1.82) is 0 Å². The number of ether oxygens (including phenoxy) is 1. The number of thiazole rings is 1. The van der Waals surface area contributed by atoms with E-state index in [0.717, 1.165) is 16.1 Å². The van der Waals surface area contributed by atoms with Gasteiger partial charge in [0.15, 0.2) is 16.1 Å². The van der Waals surface area contributed by atoms with Gasteiger partial charge in [0, 0.05) is 23.1 Å². The van der Waals surface area contributed by atoms with Crippen LogP contribution >= 0.6 is 23.1 Å². The highest BCUT2D eigenvalue weighted by atomic mass is 32.2. The minimum atomic E-state index is -0.224. The van der Waals surface area contributed by atoms with E-state index < -0.39 is 0 Å². The number of hydrogen-bond donors (Lipinski definition) is 2. The minimum absolute atomic E-state index is 0.156. The van der Waals surface area contributed by atoms with Crippen molar-refractivity contribution in [1.82, 2.24) is 25.1 Å². The summed E-state index contributed by atoms with van der Waals surface area (Å²) in [6, 6.07) is 16.7. The van der Waals surface area contributed by atoms with Crippen molar-refractivity contribution in [3.63, 3.8) is 0 Å². The highest BCUT2D eigenvalue weighted by Gasteiger charge is 2.15. The first-order chi connectivity index (χ1) is 16.9. The lowest BCUT2D eigenvalue weighted by Crippen LogP contribution is -2.24. The smallest absolute Gasteiger partial charge is 0.251 e. The fourth-order valence-corrected chi connectivity index (χ4v) is 4.81. The molecule has 9 nitrogen and oxygen atoms in total. The lowest BCUT2D eigenvalue weighted by Gasteiger charge is -2.07. The van der Waals surface area contributed by atoms with Gasteiger partial charge in [-0.05, 0) is 31.2 Å². The molecule has 0 aliphatic carbocycles. The van der Waals surface area contributed by atoms with Gasteiger partial charge in [-0.25, -0.2) is 4.98 Å². The average molecular weight is 509 g/mol. The lowest BCUT2D eigenvalue weighted by atomic mass is 10.1. The number of aromatic nitrogens is 4. The number of rotatable bonds is 9. The molecule has 2 aromatic heterocycles. The molecule has 2 aromatic carbocycles. The van der Waals surface area contributed by atoms with Crippen LogP contribution in [0.2, 0.25) is 0 Å². The molecule has 0 fully saturated rings. The fraction of sp³-hybridized carbons (Fsp3) is 0.208. The Kier molecular flexibility index (Phi) is 7.78. The number of carbonyl (C=O) groups excluding carboxylic acids is 2. The highest BCUT2D eigenvalue weighted by Crippen LogP contribution is 2.30. The van der Waals surface area contributed by atoms with E-state index in [2.05, 4.69) is 25.8 Å². The summed E-state index contributed by atoms with van der Waals surface area (Å²) in [5.74, 6) is 1.02. The number of amides is 2. The molecule has 11 heteroatoms. The van der Waals surface area contributed by atoms with E-state index in [0.29, 0.717) is 27.4 Å². The van der Waals surface area contributed by atoms with E-state index in [1.165, 1.54) is 23.1 Å². The first-order valence-corrected chi connectivity index (χ1v) is 12.5. The van der Waals surface area contributed by atoms with E-state index in [4.69, 9.17) is 4.74 Å². The fourth-order valence-electron chi connectivity index (χ4n) is 3.23. The zero-order valence-corrected chi connectivity index (χ0v) is 21.1. The molecule has 0 saturated heterocycles. The summed E-state index contributed by atoms with van der Waals surface area (Å²) in [6.45, 7) is 2.20. The van der Waals surface area contributed by atoms with Gasteiger partial charge in [-0.1, -0.05) is 42.1 Å². The van der Waals surface area contributed by atoms with Gasteiger partial charge in [-0.3, -0.25) is 9.59 Å². The van der Waals surface area contributed by atoms with Crippen molar-refractivity contribution in [2.75, 3.05) is 18.2 Å². The maximum atomic E-state index is 12.5. The number of nitrogens with one attached hydrogen (secondary N) is 2. The summed E-state index contributed by atoms with van der Waals surface area (Å²) in [5.41, 5.74) is 2.40. The lowest BCUT2D eigenvalue weighted by molar-refractivity contribution is -0.113. The third kappa shape index (κ3) is 6.06. The SMILES string of the molecule is COc1ccc(C(=O)NCc2nnc(SCC(=O)Nc3nc(-c4ccccc4)c(C)s3)n2C)cc1. The summed E-state index contributed by atoms with van der Waals surface area (Å²) in [7, 11) is 3.37. The zero-order valence-electron chi connectivity index (χ0n) is 19.4. The van der Waals surface area contributed by atoms with E-state index in [1.54, 1.807) is 43.0 Å². The van der Waals surface area contributed by atoms with Crippen LogP contribution in [-0.4, -0.2) is 44.4 Å². The summed E-state index contributed by atoms with van der Waals surface area (Å²) >= 11 is 2.71. The van der Waals surface area contributed by atoms with Crippen LogP contribution in [0.5, 0.6) is 5.75 Å². The molecular weight excluding hydrogens is 484 g/mol. The minimum Gasteiger partial charge on any atom is -0.497 e. The third-order valence-corrected chi connectivity index (χ3v) is 7.01. The van der Waals surface area contributed by atoms with E-state index in [9.17, 15) is 9.59 Å². The van der Waals surface area contributed by atoms with E-state index in [-0.39, 0.29) is 24.1 Å². The molecule has 0 spiro atoms. The number of benzene rings is 2. The molecule has 2 N–H and O–H groups in total. The highest BCUT2D eigenvalue weighted by molar-refractivity contribution is 7.99. The summed E-state index contributed by atoms with van der Waals surface area (Å²) in [4.78, 5) is 30.5. The molecular formula is C24H24N6O3S2. The number of anilines is 1. The number of methoxy groups -OCH3 is 1. The molecule has 0 aliphatic rings. The van der Waals surface area contributed by atoms with Gasteiger partial charge < -0.3 is 19.9 Å². The van der Waals surface area contributed by atoms with Crippen LogP contribution in [0, 0.1) is 6.92 Å². The van der Waals surface area contributed by atoms with Gasteiger partial charge in [0.25, 0.3) is 5.91 Å². The monoisotopic (exact) mass is 508 g/mol. The van der Waals surface area contributed by atoms with Gasteiger partial charge >= 0.3 is 0 Å². The Labute approximate surface area is 211 Å². The summed E-state index contributed by atoms with van der Waals surface area (Å²) < 4.78 is 6.86. The molecule has 35 heavy (non-hydrogen) atoms. The predicted molar refractivity (Wildman–Crippen MR) is 137 cm³/mol. The first kappa shape index (κ1) is 24.4. The Morgan fingerprint density at radius 1 is 1.09 bits per heavy atom. The van der Waals surface area contributed by atoms with Crippen LogP contribution < -0.4 is 15.4 Å².